The summed E-state index contributed by atoms with van der Waals surface area (Å²) >= 11 is 1.68. The van der Waals surface area contributed by atoms with Crippen molar-refractivity contribution in [2.75, 3.05) is 13.7 Å². The van der Waals surface area contributed by atoms with E-state index in [2.05, 4.69) is 6.07 Å². The van der Waals surface area contributed by atoms with Crippen LogP contribution in [0.1, 0.15) is 43.0 Å². The van der Waals surface area contributed by atoms with Gasteiger partial charge in [0.05, 0.1) is 7.11 Å². The molecule has 1 saturated carbocycles. The molecule has 1 heterocycles. The maximum absolute atomic E-state index is 12.7. The predicted octanol–water partition coefficient (Wildman–Crippen LogP) is 4.87. The molecule has 0 radical (unpaired) electrons. The number of nitrogens with zero attached hydrogens (tertiary/aromatic N) is 1. The number of hydrogen-bond donors (Lipinski definition) is 0. The molecule has 2 aromatic rings. The van der Waals surface area contributed by atoms with Gasteiger partial charge in [0.1, 0.15) is 6.61 Å². The number of ether oxygens (including phenoxy) is 2. The van der Waals surface area contributed by atoms with Crippen molar-refractivity contribution in [1.29, 1.82) is 0 Å². The second-order valence-corrected chi connectivity index (χ2v) is 7.72. The Bertz CT molecular complexity index is 708. The highest BCUT2D eigenvalue weighted by Crippen LogP contribution is 2.31. The molecule has 0 aliphatic heterocycles. The van der Waals surface area contributed by atoms with Crippen LogP contribution >= 0.6 is 11.3 Å². The summed E-state index contributed by atoms with van der Waals surface area (Å²) in [5.74, 6) is 1.95. The van der Waals surface area contributed by atoms with E-state index in [1.54, 1.807) is 18.4 Å². The summed E-state index contributed by atoms with van der Waals surface area (Å²) < 4.78 is 11.4. The number of carbonyl (C=O) groups excluding carboxylic acids is 1. The highest BCUT2D eigenvalue weighted by Gasteiger charge is 2.26. The summed E-state index contributed by atoms with van der Waals surface area (Å²) in [6.07, 6.45) is 4.43. The van der Waals surface area contributed by atoms with E-state index in [1.807, 2.05) is 41.5 Å². The van der Waals surface area contributed by atoms with Gasteiger partial charge in [-0.2, -0.15) is 0 Å². The van der Waals surface area contributed by atoms with Gasteiger partial charge >= 0.3 is 0 Å². The smallest absolute Gasteiger partial charge is 0.225 e. The Morgan fingerprint density at radius 3 is 2.69 bits per heavy atom. The first-order chi connectivity index (χ1) is 12.7. The Morgan fingerprint density at radius 1 is 1.23 bits per heavy atom. The van der Waals surface area contributed by atoms with E-state index in [4.69, 9.17) is 9.47 Å². The lowest BCUT2D eigenvalue weighted by molar-refractivity contribution is -0.135. The standard InChI is InChI=1S/C21H27NO3S/c1-3-22(21(23)17-7-4-5-8-17)14-16-10-11-19(20(13-16)24-2)25-15-18-9-6-12-26-18/h6,9-13,17H,3-5,7-8,14-15H2,1-2H3. The first-order valence-electron chi connectivity index (χ1n) is 9.32. The topological polar surface area (TPSA) is 38.8 Å². The van der Waals surface area contributed by atoms with Gasteiger partial charge in [-0.05, 0) is 48.9 Å². The van der Waals surface area contributed by atoms with Gasteiger partial charge in [-0.15, -0.1) is 11.3 Å². The second kappa shape index (κ2) is 9.08. The summed E-state index contributed by atoms with van der Waals surface area (Å²) in [6, 6.07) is 10.0. The molecule has 0 N–H and O–H groups in total. The zero-order chi connectivity index (χ0) is 18.4. The van der Waals surface area contributed by atoms with Crippen LogP contribution in [-0.4, -0.2) is 24.5 Å². The Morgan fingerprint density at radius 2 is 2.04 bits per heavy atom. The van der Waals surface area contributed by atoms with Crippen molar-refractivity contribution in [3.8, 4) is 11.5 Å². The van der Waals surface area contributed by atoms with E-state index in [1.165, 1.54) is 17.7 Å². The van der Waals surface area contributed by atoms with E-state index in [0.717, 1.165) is 30.7 Å². The minimum Gasteiger partial charge on any atom is -0.493 e. The molecule has 3 rings (SSSR count). The molecule has 0 spiro atoms. The van der Waals surface area contributed by atoms with Crippen LogP contribution in [0.5, 0.6) is 11.5 Å². The third-order valence-electron chi connectivity index (χ3n) is 4.95. The van der Waals surface area contributed by atoms with Gasteiger partial charge in [0, 0.05) is 23.9 Å². The van der Waals surface area contributed by atoms with Gasteiger partial charge in [-0.1, -0.05) is 25.0 Å². The van der Waals surface area contributed by atoms with Crippen molar-refractivity contribution in [2.45, 2.75) is 45.8 Å². The fourth-order valence-corrected chi connectivity index (χ4v) is 4.09. The van der Waals surface area contributed by atoms with E-state index < -0.39 is 0 Å². The molecule has 1 fully saturated rings. The Hall–Kier alpha value is -2.01. The van der Waals surface area contributed by atoms with Gasteiger partial charge in [-0.25, -0.2) is 0 Å². The van der Waals surface area contributed by atoms with Crippen LogP contribution in [0.25, 0.3) is 0 Å². The summed E-state index contributed by atoms with van der Waals surface area (Å²) in [7, 11) is 1.65. The number of benzene rings is 1. The maximum Gasteiger partial charge on any atom is 0.225 e. The van der Waals surface area contributed by atoms with Gasteiger partial charge in [0.2, 0.25) is 5.91 Å². The lowest BCUT2D eigenvalue weighted by Gasteiger charge is -2.24. The highest BCUT2D eigenvalue weighted by molar-refractivity contribution is 7.09. The van der Waals surface area contributed by atoms with Crippen molar-refractivity contribution in [3.05, 3.63) is 46.2 Å². The molecular formula is C21H27NO3S. The number of hydrogen-bond acceptors (Lipinski definition) is 4. The molecule has 1 aliphatic carbocycles. The number of methoxy groups -OCH3 is 1. The molecule has 1 aliphatic rings. The number of thiophene rings is 1. The molecule has 1 amide bonds. The van der Waals surface area contributed by atoms with Crippen LogP contribution < -0.4 is 9.47 Å². The van der Waals surface area contributed by atoms with E-state index in [9.17, 15) is 4.79 Å². The minimum absolute atomic E-state index is 0.213. The summed E-state index contributed by atoms with van der Waals surface area (Å²) in [5, 5.41) is 2.04. The maximum atomic E-state index is 12.7. The fraction of sp³-hybridized carbons (Fsp3) is 0.476. The SMILES string of the molecule is CCN(Cc1ccc(OCc2cccs2)c(OC)c1)C(=O)C1CCCC1. The van der Waals surface area contributed by atoms with E-state index in [0.29, 0.717) is 24.8 Å². The second-order valence-electron chi connectivity index (χ2n) is 6.69. The molecule has 0 saturated heterocycles. The number of amides is 1. The summed E-state index contributed by atoms with van der Waals surface area (Å²) in [4.78, 5) is 15.8. The van der Waals surface area contributed by atoms with Crippen LogP contribution in [0.2, 0.25) is 0 Å². The van der Waals surface area contributed by atoms with Crippen molar-refractivity contribution < 1.29 is 14.3 Å². The zero-order valence-corrected chi connectivity index (χ0v) is 16.4. The van der Waals surface area contributed by atoms with Crippen LogP contribution in [-0.2, 0) is 17.9 Å². The fourth-order valence-electron chi connectivity index (χ4n) is 3.47. The zero-order valence-electron chi connectivity index (χ0n) is 15.6. The lowest BCUT2D eigenvalue weighted by Crippen LogP contribution is -2.34. The average molecular weight is 374 g/mol. The molecule has 0 atom stereocenters. The van der Waals surface area contributed by atoms with Gasteiger partial charge in [0.15, 0.2) is 11.5 Å². The normalized spacial score (nSPS) is 14.4. The summed E-state index contributed by atoms with van der Waals surface area (Å²) in [5.41, 5.74) is 1.07. The molecule has 140 valence electrons. The minimum atomic E-state index is 0.213. The third kappa shape index (κ3) is 4.58. The van der Waals surface area contributed by atoms with Crippen molar-refractivity contribution in [2.24, 2.45) is 5.92 Å². The molecule has 4 nitrogen and oxygen atoms in total. The first kappa shape index (κ1) is 18.8. The molecule has 0 unspecified atom stereocenters. The predicted molar refractivity (Wildman–Crippen MR) is 105 cm³/mol. The lowest BCUT2D eigenvalue weighted by atomic mass is 10.1. The van der Waals surface area contributed by atoms with Crippen LogP contribution in [0.15, 0.2) is 35.7 Å². The van der Waals surface area contributed by atoms with Crippen molar-refractivity contribution >= 4 is 17.2 Å². The quantitative estimate of drug-likeness (QED) is 0.662. The van der Waals surface area contributed by atoms with Crippen LogP contribution in [0.3, 0.4) is 0 Å². The summed E-state index contributed by atoms with van der Waals surface area (Å²) in [6.45, 7) is 3.93. The van der Waals surface area contributed by atoms with Crippen LogP contribution in [0, 0.1) is 5.92 Å². The van der Waals surface area contributed by atoms with E-state index >= 15 is 0 Å². The molecule has 0 bridgehead atoms. The first-order valence-corrected chi connectivity index (χ1v) is 10.2. The monoisotopic (exact) mass is 373 g/mol. The average Bonchev–Trinajstić information content (AvgIpc) is 3.38. The van der Waals surface area contributed by atoms with Crippen LogP contribution in [0.4, 0.5) is 0 Å². The Labute approximate surface area is 159 Å². The van der Waals surface area contributed by atoms with Gasteiger partial charge in [-0.3, -0.25) is 4.79 Å². The van der Waals surface area contributed by atoms with Gasteiger partial charge in [0.25, 0.3) is 0 Å². The Balaban J connectivity index is 1.66. The molecule has 1 aromatic carbocycles. The number of rotatable bonds is 8. The molecular weight excluding hydrogens is 346 g/mol. The highest BCUT2D eigenvalue weighted by atomic mass is 32.1. The largest absolute Gasteiger partial charge is 0.493 e. The number of carbonyl (C=O) groups is 1. The Kier molecular flexibility index (Phi) is 6.56. The van der Waals surface area contributed by atoms with Crippen molar-refractivity contribution in [1.82, 2.24) is 4.90 Å². The van der Waals surface area contributed by atoms with Crippen molar-refractivity contribution in [3.63, 3.8) is 0 Å². The van der Waals surface area contributed by atoms with E-state index in [-0.39, 0.29) is 5.92 Å². The third-order valence-corrected chi connectivity index (χ3v) is 5.80. The molecule has 1 aromatic heterocycles. The molecule has 5 heteroatoms. The van der Waals surface area contributed by atoms with Gasteiger partial charge < -0.3 is 14.4 Å². The molecule has 26 heavy (non-hydrogen) atoms.